The van der Waals surface area contributed by atoms with Crippen LogP contribution in [-0.4, -0.2) is 19.7 Å². The third kappa shape index (κ3) is 7.52. The molecule has 2 heteroatoms. The van der Waals surface area contributed by atoms with Gasteiger partial charge in [0.25, 0.3) is 0 Å². The average Bonchev–Trinajstić information content (AvgIpc) is 2.45. The summed E-state index contributed by atoms with van der Waals surface area (Å²) in [4.78, 5) is 0. The van der Waals surface area contributed by atoms with Crippen LogP contribution in [0.4, 0.5) is 0 Å². The molecule has 0 saturated heterocycles. The van der Waals surface area contributed by atoms with Crippen molar-refractivity contribution in [1.82, 2.24) is 5.32 Å². The first kappa shape index (κ1) is 18.0. The maximum atomic E-state index is 5.99. The molecule has 0 bridgehead atoms. The van der Waals surface area contributed by atoms with E-state index in [4.69, 9.17) is 4.74 Å². The second-order valence-electron chi connectivity index (χ2n) is 6.76. The Morgan fingerprint density at radius 3 is 2.38 bits per heavy atom. The average molecular weight is 291 g/mol. The molecule has 1 N–H and O–H groups in total. The van der Waals surface area contributed by atoms with Gasteiger partial charge in [-0.3, -0.25) is 0 Å². The van der Waals surface area contributed by atoms with Crippen LogP contribution in [0.3, 0.4) is 0 Å². The molecule has 0 radical (unpaired) electrons. The number of nitrogens with one attached hydrogen (secondary N) is 1. The lowest BCUT2D eigenvalue weighted by Crippen LogP contribution is -2.16. The molecule has 0 amide bonds. The topological polar surface area (TPSA) is 21.3 Å². The number of rotatable bonds is 10. The lowest BCUT2D eigenvalue weighted by molar-refractivity contribution is 0.297. The van der Waals surface area contributed by atoms with Gasteiger partial charge < -0.3 is 10.1 Å². The van der Waals surface area contributed by atoms with E-state index < -0.39 is 0 Å². The summed E-state index contributed by atoms with van der Waals surface area (Å²) >= 11 is 0. The first-order valence-electron chi connectivity index (χ1n) is 8.48. The first-order valence-corrected chi connectivity index (χ1v) is 8.48. The molecule has 0 heterocycles. The largest absolute Gasteiger partial charge is 0.493 e. The third-order valence-corrected chi connectivity index (χ3v) is 3.66. The molecule has 1 aromatic carbocycles. The van der Waals surface area contributed by atoms with E-state index in [0.29, 0.717) is 0 Å². The van der Waals surface area contributed by atoms with Crippen LogP contribution in [0, 0.1) is 0 Å². The molecule has 0 aliphatic carbocycles. The van der Waals surface area contributed by atoms with Gasteiger partial charge in [0.15, 0.2) is 0 Å². The van der Waals surface area contributed by atoms with Crippen molar-refractivity contribution < 1.29 is 4.74 Å². The Balaban J connectivity index is 2.19. The lowest BCUT2D eigenvalue weighted by atomic mass is 9.86. The second kappa shape index (κ2) is 9.83. The first-order chi connectivity index (χ1) is 10.1. The number of hydrogen-bond donors (Lipinski definition) is 1. The molecule has 0 aliphatic rings. The van der Waals surface area contributed by atoms with Crippen molar-refractivity contribution in [3.8, 4) is 5.75 Å². The molecular formula is C19H33NO. The van der Waals surface area contributed by atoms with Gasteiger partial charge in [0, 0.05) is 0 Å². The van der Waals surface area contributed by atoms with Crippen molar-refractivity contribution in [1.29, 1.82) is 0 Å². The summed E-state index contributed by atoms with van der Waals surface area (Å²) in [5.74, 6) is 1.05. The molecule has 0 saturated carbocycles. The SMILES string of the molecule is CCCCNCCCCCOc1ccccc1C(C)(C)C. The highest BCUT2D eigenvalue weighted by atomic mass is 16.5. The van der Waals surface area contributed by atoms with E-state index in [1.807, 2.05) is 0 Å². The molecule has 0 atom stereocenters. The Bertz CT molecular complexity index is 381. The molecular weight excluding hydrogens is 258 g/mol. The van der Waals surface area contributed by atoms with Crippen molar-refractivity contribution in [3.63, 3.8) is 0 Å². The van der Waals surface area contributed by atoms with E-state index in [1.54, 1.807) is 0 Å². The summed E-state index contributed by atoms with van der Waals surface area (Å²) in [7, 11) is 0. The van der Waals surface area contributed by atoms with Gasteiger partial charge in [0.05, 0.1) is 6.61 Å². The Morgan fingerprint density at radius 2 is 1.67 bits per heavy atom. The Labute approximate surface area is 131 Å². The van der Waals surface area contributed by atoms with Gasteiger partial charge in [-0.2, -0.15) is 0 Å². The van der Waals surface area contributed by atoms with E-state index in [0.717, 1.165) is 31.9 Å². The minimum atomic E-state index is 0.139. The molecule has 0 spiro atoms. The van der Waals surface area contributed by atoms with Crippen molar-refractivity contribution in [2.24, 2.45) is 0 Å². The minimum Gasteiger partial charge on any atom is -0.493 e. The van der Waals surface area contributed by atoms with Crippen molar-refractivity contribution in [2.75, 3.05) is 19.7 Å². The summed E-state index contributed by atoms with van der Waals surface area (Å²) in [6, 6.07) is 8.41. The summed E-state index contributed by atoms with van der Waals surface area (Å²) in [5, 5.41) is 3.48. The van der Waals surface area contributed by atoms with Gasteiger partial charge in [0.1, 0.15) is 5.75 Å². The Morgan fingerprint density at radius 1 is 0.952 bits per heavy atom. The highest BCUT2D eigenvalue weighted by molar-refractivity contribution is 5.38. The van der Waals surface area contributed by atoms with E-state index in [9.17, 15) is 0 Å². The number of ether oxygens (including phenoxy) is 1. The normalized spacial score (nSPS) is 11.6. The molecule has 0 aliphatic heterocycles. The van der Waals surface area contributed by atoms with E-state index in [2.05, 4.69) is 57.3 Å². The fourth-order valence-corrected chi connectivity index (χ4v) is 2.35. The zero-order valence-electron chi connectivity index (χ0n) is 14.4. The summed E-state index contributed by atoms with van der Waals surface area (Å²) in [6.07, 6.45) is 6.17. The maximum Gasteiger partial charge on any atom is 0.123 e. The fraction of sp³-hybridized carbons (Fsp3) is 0.684. The standard InChI is InChI=1S/C19H33NO/c1-5-6-14-20-15-10-7-11-16-21-18-13-9-8-12-17(18)19(2,3)4/h8-9,12-13,20H,5-7,10-11,14-16H2,1-4H3. The zero-order valence-corrected chi connectivity index (χ0v) is 14.4. The third-order valence-electron chi connectivity index (χ3n) is 3.66. The molecule has 0 unspecified atom stereocenters. The molecule has 0 fully saturated rings. The Hall–Kier alpha value is -1.02. The number of para-hydroxylation sites is 1. The second-order valence-corrected chi connectivity index (χ2v) is 6.76. The van der Waals surface area contributed by atoms with Crippen LogP contribution in [0.1, 0.15) is 65.4 Å². The van der Waals surface area contributed by atoms with E-state index in [-0.39, 0.29) is 5.41 Å². The zero-order chi connectivity index (χ0) is 15.6. The fourth-order valence-electron chi connectivity index (χ4n) is 2.35. The van der Waals surface area contributed by atoms with Gasteiger partial charge in [0.2, 0.25) is 0 Å². The monoisotopic (exact) mass is 291 g/mol. The van der Waals surface area contributed by atoms with Crippen molar-refractivity contribution in [3.05, 3.63) is 29.8 Å². The van der Waals surface area contributed by atoms with Crippen LogP contribution in [-0.2, 0) is 5.41 Å². The van der Waals surface area contributed by atoms with E-state index >= 15 is 0 Å². The van der Waals surface area contributed by atoms with Gasteiger partial charge in [-0.15, -0.1) is 0 Å². The molecule has 1 aromatic rings. The predicted molar refractivity (Wildman–Crippen MR) is 92.3 cm³/mol. The summed E-state index contributed by atoms with van der Waals surface area (Å²) in [6.45, 7) is 12.0. The van der Waals surface area contributed by atoms with Crippen LogP contribution in [0.25, 0.3) is 0 Å². The number of benzene rings is 1. The number of hydrogen-bond acceptors (Lipinski definition) is 2. The van der Waals surface area contributed by atoms with Crippen LogP contribution in [0.2, 0.25) is 0 Å². The van der Waals surface area contributed by atoms with E-state index in [1.165, 1.54) is 31.2 Å². The molecule has 1 rings (SSSR count). The highest BCUT2D eigenvalue weighted by Gasteiger charge is 2.17. The lowest BCUT2D eigenvalue weighted by Gasteiger charge is -2.22. The molecule has 21 heavy (non-hydrogen) atoms. The van der Waals surface area contributed by atoms with Gasteiger partial charge in [-0.25, -0.2) is 0 Å². The van der Waals surface area contributed by atoms with Crippen LogP contribution < -0.4 is 10.1 Å². The Kier molecular flexibility index (Phi) is 8.44. The molecule has 120 valence electrons. The summed E-state index contributed by atoms with van der Waals surface area (Å²) < 4.78 is 5.99. The van der Waals surface area contributed by atoms with Crippen molar-refractivity contribution >= 4 is 0 Å². The smallest absolute Gasteiger partial charge is 0.123 e. The maximum absolute atomic E-state index is 5.99. The van der Waals surface area contributed by atoms with Crippen LogP contribution >= 0.6 is 0 Å². The van der Waals surface area contributed by atoms with Crippen molar-refractivity contribution in [2.45, 2.75) is 65.2 Å². The quantitative estimate of drug-likeness (QED) is 0.618. The van der Waals surface area contributed by atoms with Gasteiger partial charge >= 0.3 is 0 Å². The number of unbranched alkanes of at least 4 members (excludes halogenated alkanes) is 3. The van der Waals surface area contributed by atoms with Crippen LogP contribution in [0.15, 0.2) is 24.3 Å². The minimum absolute atomic E-state index is 0.139. The highest BCUT2D eigenvalue weighted by Crippen LogP contribution is 2.30. The molecule has 0 aromatic heterocycles. The van der Waals surface area contributed by atoms with Crippen LogP contribution in [0.5, 0.6) is 5.75 Å². The summed E-state index contributed by atoms with van der Waals surface area (Å²) in [5.41, 5.74) is 1.44. The molecule has 2 nitrogen and oxygen atoms in total. The van der Waals surface area contributed by atoms with Gasteiger partial charge in [-0.1, -0.05) is 52.3 Å². The predicted octanol–water partition coefficient (Wildman–Crippen LogP) is 4.92. The van der Waals surface area contributed by atoms with Gasteiger partial charge in [-0.05, 0) is 55.8 Å².